The molecule has 3 amide bonds. The smallest absolute Gasteiger partial charge is 0.313 e. The number of allylic oxidation sites excluding steroid dienone is 1. The third-order valence-electron chi connectivity index (χ3n) is 10.5. The van der Waals surface area contributed by atoms with Gasteiger partial charge in [-0.2, -0.15) is 0 Å². The largest absolute Gasteiger partial charge is 0.455 e. The summed E-state index contributed by atoms with van der Waals surface area (Å²) in [5.41, 5.74) is -0.605. The fourth-order valence-corrected chi connectivity index (χ4v) is 9.34. The second-order valence-electron chi connectivity index (χ2n) is 13.6. The van der Waals surface area contributed by atoms with Crippen LogP contribution in [0.3, 0.4) is 0 Å². The van der Waals surface area contributed by atoms with Gasteiger partial charge in [0.05, 0.1) is 30.6 Å². The number of aliphatic hydroxyl groups is 1. The number of hydrogen-bond acceptors (Lipinski definition) is 8. The van der Waals surface area contributed by atoms with Crippen LogP contribution in [0.15, 0.2) is 55.6 Å². The molecule has 1 spiro atoms. The number of aliphatic hydroxyl groups excluding tert-OH is 1. The van der Waals surface area contributed by atoms with Crippen LogP contribution in [0.5, 0.6) is 0 Å². The molecule has 5 rings (SSSR count). The van der Waals surface area contributed by atoms with Crippen molar-refractivity contribution in [2.75, 3.05) is 33.4 Å². The van der Waals surface area contributed by atoms with E-state index in [1.54, 1.807) is 12.2 Å². The van der Waals surface area contributed by atoms with Crippen molar-refractivity contribution in [3.63, 3.8) is 0 Å². The monoisotopic (exact) mass is 743 g/mol. The molecule has 4 fully saturated rings. The molecule has 1 saturated carbocycles. The van der Waals surface area contributed by atoms with E-state index in [1.807, 2.05) is 35.2 Å². The Kier molecular flexibility index (Phi) is 12.7. The Balaban J connectivity index is 1.49. The Bertz CT molecular complexity index is 1360. The van der Waals surface area contributed by atoms with Crippen molar-refractivity contribution >= 4 is 39.6 Å². The lowest BCUT2D eigenvalue weighted by atomic mass is 9.70. The number of likely N-dealkylation sites (tertiary alicyclic amines) is 1. The highest BCUT2D eigenvalue weighted by atomic mass is 79.9. The molecule has 3 saturated heterocycles. The zero-order valence-electron chi connectivity index (χ0n) is 28.3. The van der Waals surface area contributed by atoms with Gasteiger partial charge in [-0.1, -0.05) is 77.7 Å². The highest BCUT2D eigenvalue weighted by Crippen LogP contribution is 2.60. The van der Waals surface area contributed by atoms with Gasteiger partial charge in [-0.3, -0.25) is 19.2 Å². The van der Waals surface area contributed by atoms with E-state index in [9.17, 15) is 24.3 Å². The zero-order chi connectivity index (χ0) is 35.1. The number of amides is 3. The Morgan fingerprint density at radius 3 is 2.57 bits per heavy atom. The molecule has 8 atom stereocenters. The van der Waals surface area contributed by atoms with Gasteiger partial charge in [-0.05, 0) is 37.7 Å². The van der Waals surface area contributed by atoms with Crippen molar-refractivity contribution in [1.82, 2.24) is 15.1 Å². The number of hydrogen-bond donors (Lipinski definition) is 2. The number of nitrogens with zero attached hydrogens (tertiary/aromatic N) is 2. The number of carbonyl (C=O) groups is 4. The minimum atomic E-state index is -1.26. The van der Waals surface area contributed by atoms with Crippen LogP contribution in [-0.4, -0.2) is 107 Å². The van der Waals surface area contributed by atoms with Gasteiger partial charge in [-0.15, -0.1) is 13.2 Å². The first-order chi connectivity index (χ1) is 23.7. The third-order valence-corrected chi connectivity index (χ3v) is 11.3. The second kappa shape index (κ2) is 16.8. The molecule has 11 nitrogen and oxygen atoms in total. The van der Waals surface area contributed by atoms with Gasteiger partial charge in [0.25, 0.3) is 0 Å². The van der Waals surface area contributed by atoms with Gasteiger partial charge in [-0.25, -0.2) is 0 Å². The zero-order valence-corrected chi connectivity index (χ0v) is 29.9. The number of esters is 1. The summed E-state index contributed by atoms with van der Waals surface area (Å²) in [6.07, 6.45) is 7.99. The number of ether oxygens (including phenoxy) is 3. The Morgan fingerprint density at radius 1 is 1.18 bits per heavy atom. The van der Waals surface area contributed by atoms with Crippen molar-refractivity contribution in [2.45, 2.75) is 98.5 Å². The third kappa shape index (κ3) is 7.52. The molecular weight excluding hydrogens is 694 g/mol. The van der Waals surface area contributed by atoms with E-state index in [4.69, 9.17) is 14.2 Å². The fourth-order valence-electron chi connectivity index (χ4n) is 8.39. The number of carbonyl (C=O) groups excluding carboxylic acids is 4. The Labute approximate surface area is 297 Å². The summed E-state index contributed by atoms with van der Waals surface area (Å²) in [5, 5.41) is 12.7. The number of nitrogens with one attached hydrogen (secondary N) is 1. The lowest BCUT2D eigenvalue weighted by molar-refractivity contribution is -0.163. The molecule has 12 heteroatoms. The molecule has 3 heterocycles. The number of rotatable bonds is 17. The summed E-state index contributed by atoms with van der Waals surface area (Å²) in [4.78, 5) is 59.6. The number of halogens is 1. The SMILES string of the molecule is C=CCCC(=O)N[C@@H](COC)[C@@H](OC(=O)[C@H]1[C@@H]2O[C@@]3(CC2Br)[C@@H]1C(=O)N(CCCO)[C@@H]3C(=O)N(CC=C)C1CCCCC1)c1ccccc1. The van der Waals surface area contributed by atoms with Crippen LogP contribution in [0.1, 0.15) is 69.5 Å². The summed E-state index contributed by atoms with van der Waals surface area (Å²) in [7, 11) is 1.51. The van der Waals surface area contributed by atoms with Crippen LogP contribution < -0.4 is 5.32 Å². The van der Waals surface area contributed by atoms with E-state index in [0.29, 0.717) is 24.9 Å². The maximum absolute atomic E-state index is 14.7. The average Bonchev–Trinajstić information content (AvgIpc) is 3.70. The van der Waals surface area contributed by atoms with Crippen molar-refractivity contribution in [3.8, 4) is 0 Å². The van der Waals surface area contributed by atoms with Gasteiger partial charge >= 0.3 is 5.97 Å². The van der Waals surface area contributed by atoms with Gasteiger partial charge in [0.1, 0.15) is 17.7 Å². The standard InChI is InChI=1S/C37H50BrN3O8/c1-4-6-18-28(43)39-27(23-47-3)31(24-14-9-7-10-15-24)48-36(46)29-30-34(44)41(20-13-21-42)33(37(30)22-26(38)32(29)49-37)35(45)40(19-5-2)25-16-11-8-12-17-25/h4-5,7,9-10,14-15,25-27,29-33,42H,1-2,6,8,11-13,16-23H2,3H3,(H,39,43)/t26?,27-,29+,30-,31-,32+,33+,37-/m0/s1. The number of methoxy groups -OCH3 is 1. The number of benzene rings is 1. The predicted octanol–water partition coefficient (Wildman–Crippen LogP) is 3.85. The summed E-state index contributed by atoms with van der Waals surface area (Å²) in [5.74, 6) is -3.40. The summed E-state index contributed by atoms with van der Waals surface area (Å²) in [6, 6.07) is 7.45. The first-order valence-corrected chi connectivity index (χ1v) is 18.4. The molecule has 268 valence electrons. The molecule has 1 aromatic carbocycles. The van der Waals surface area contributed by atoms with Crippen molar-refractivity contribution < 1.29 is 38.5 Å². The Hall–Kier alpha value is -3.06. The number of fused-ring (bicyclic) bond motifs is 1. The quantitative estimate of drug-likeness (QED) is 0.140. The maximum atomic E-state index is 14.7. The highest BCUT2D eigenvalue weighted by Gasteiger charge is 2.77. The molecule has 1 unspecified atom stereocenters. The van der Waals surface area contributed by atoms with Crippen molar-refractivity contribution in [3.05, 3.63) is 61.2 Å². The van der Waals surface area contributed by atoms with Crippen LogP contribution in [0.2, 0.25) is 0 Å². The van der Waals surface area contributed by atoms with Gasteiger partial charge in [0, 0.05) is 44.1 Å². The Morgan fingerprint density at radius 2 is 1.92 bits per heavy atom. The van der Waals surface area contributed by atoms with E-state index in [-0.39, 0.29) is 61.2 Å². The van der Waals surface area contributed by atoms with Crippen molar-refractivity contribution in [2.24, 2.45) is 11.8 Å². The summed E-state index contributed by atoms with van der Waals surface area (Å²) >= 11 is 3.74. The minimum Gasteiger partial charge on any atom is -0.455 e. The molecule has 1 aliphatic carbocycles. The van der Waals surface area contributed by atoms with Crippen LogP contribution in [0.4, 0.5) is 0 Å². The topological polar surface area (TPSA) is 135 Å². The average molecular weight is 745 g/mol. The molecule has 0 radical (unpaired) electrons. The molecule has 4 aliphatic rings. The number of alkyl halides is 1. The van der Waals surface area contributed by atoms with E-state index in [1.165, 1.54) is 12.0 Å². The van der Waals surface area contributed by atoms with E-state index in [0.717, 1.165) is 32.1 Å². The van der Waals surface area contributed by atoms with Crippen LogP contribution in [0.25, 0.3) is 0 Å². The normalized spacial score (nSPS) is 28.8. The summed E-state index contributed by atoms with van der Waals surface area (Å²) in [6.45, 7) is 8.00. The second-order valence-corrected chi connectivity index (χ2v) is 14.7. The van der Waals surface area contributed by atoms with Gasteiger partial charge in [0.2, 0.25) is 17.7 Å². The molecule has 0 aromatic heterocycles. The molecule has 2 N–H and O–H groups in total. The fraction of sp³-hybridized carbons (Fsp3) is 0.622. The minimum absolute atomic E-state index is 0.0228. The van der Waals surface area contributed by atoms with E-state index < -0.39 is 47.7 Å². The lowest BCUT2D eigenvalue weighted by Crippen LogP contribution is -2.58. The van der Waals surface area contributed by atoms with Crippen LogP contribution in [-0.2, 0) is 33.4 Å². The molecule has 3 aliphatic heterocycles. The molecular formula is C37H50BrN3O8. The predicted molar refractivity (Wildman–Crippen MR) is 186 cm³/mol. The first kappa shape index (κ1) is 37.2. The van der Waals surface area contributed by atoms with E-state index in [2.05, 4.69) is 34.4 Å². The molecule has 49 heavy (non-hydrogen) atoms. The van der Waals surface area contributed by atoms with Crippen molar-refractivity contribution in [1.29, 1.82) is 0 Å². The van der Waals surface area contributed by atoms with E-state index >= 15 is 0 Å². The maximum Gasteiger partial charge on any atom is 0.313 e. The first-order valence-electron chi connectivity index (χ1n) is 17.5. The summed E-state index contributed by atoms with van der Waals surface area (Å²) < 4.78 is 18.5. The molecule has 1 aromatic rings. The molecule has 2 bridgehead atoms. The van der Waals surface area contributed by atoms with Crippen LogP contribution >= 0.6 is 15.9 Å². The highest BCUT2D eigenvalue weighted by molar-refractivity contribution is 9.09. The van der Waals surface area contributed by atoms with Crippen LogP contribution in [0, 0.1) is 11.8 Å². The van der Waals surface area contributed by atoms with Gasteiger partial charge < -0.3 is 34.4 Å². The van der Waals surface area contributed by atoms with Gasteiger partial charge in [0.15, 0.2) is 0 Å². The lowest BCUT2D eigenvalue weighted by Gasteiger charge is -2.41.